The lowest BCUT2D eigenvalue weighted by Gasteiger charge is -2.32. The molecule has 4 heteroatoms. The zero-order valence-corrected chi connectivity index (χ0v) is 9.76. The Morgan fingerprint density at radius 2 is 1.81 bits per heavy atom. The predicted molar refractivity (Wildman–Crippen MR) is 63.7 cm³/mol. The highest BCUT2D eigenvalue weighted by molar-refractivity contribution is 5.37. The van der Waals surface area contributed by atoms with Gasteiger partial charge in [-0.2, -0.15) is 0 Å². The Bertz CT molecular complexity index is 350. The zero-order chi connectivity index (χ0) is 11.0. The highest BCUT2D eigenvalue weighted by atomic mass is 15.3. The largest absolute Gasteiger partial charge is 0.353 e. The first-order chi connectivity index (χ1) is 7.83. The molecule has 0 radical (unpaired) electrons. The van der Waals surface area contributed by atoms with Gasteiger partial charge in [0.05, 0.1) is 18.1 Å². The van der Waals surface area contributed by atoms with E-state index in [2.05, 4.69) is 26.8 Å². The monoisotopic (exact) mass is 218 g/mol. The third-order valence-electron chi connectivity index (χ3n) is 3.48. The van der Waals surface area contributed by atoms with Crippen molar-refractivity contribution in [2.24, 2.45) is 0 Å². The maximum absolute atomic E-state index is 4.53. The summed E-state index contributed by atoms with van der Waals surface area (Å²) in [5, 5.41) is 0. The fourth-order valence-electron chi connectivity index (χ4n) is 2.12. The standard InChI is InChI=1S/C12H18N4/c1-15-4-6-16(7-5-15)12-9-13-11(8-14-12)10-2-3-10/h8-10H,2-7H2,1H3. The van der Waals surface area contributed by atoms with Crippen LogP contribution in [-0.2, 0) is 0 Å². The van der Waals surface area contributed by atoms with E-state index in [1.165, 1.54) is 18.5 Å². The molecule has 2 aliphatic rings. The Morgan fingerprint density at radius 1 is 1.06 bits per heavy atom. The predicted octanol–water partition coefficient (Wildman–Crippen LogP) is 1.11. The zero-order valence-electron chi connectivity index (χ0n) is 9.76. The van der Waals surface area contributed by atoms with Gasteiger partial charge in [0.1, 0.15) is 5.82 Å². The van der Waals surface area contributed by atoms with Gasteiger partial charge in [0.2, 0.25) is 0 Å². The number of likely N-dealkylation sites (N-methyl/N-ethyl adjacent to an activating group) is 1. The second-order valence-corrected chi connectivity index (χ2v) is 4.86. The van der Waals surface area contributed by atoms with Crippen molar-refractivity contribution in [1.82, 2.24) is 14.9 Å². The molecule has 0 spiro atoms. The summed E-state index contributed by atoms with van der Waals surface area (Å²) < 4.78 is 0. The summed E-state index contributed by atoms with van der Waals surface area (Å²) in [6.07, 6.45) is 6.50. The van der Waals surface area contributed by atoms with Gasteiger partial charge in [-0.15, -0.1) is 0 Å². The molecule has 2 heterocycles. The first-order valence-electron chi connectivity index (χ1n) is 6.08. The summed E-state index contributed by atoms with van der Waals surface area (Å²) in [4.78, 5) is 13.7. The molecule has 0 bridgehead atoms. The normalized spacial score (nSPS) is 22.4. The van der Waals surface area contributed by atoms with Crippen LogP contribution in [0.15, 0.2) is 12.4 Å². The van der Waals surface area contributed by atoms with Crippen LogP contribution in [0.2, 0.25) is 0 Å². The van der Waals surface area contributed by atoms with E-state index in [9.17, 15) is 0 Å². The van der Waals surface area contributed by atoms with E-state index < -0.39 is 0 Å². The minimum atomic E-state index is 0.703. The van der Waals surface area contributed by atoms with Gasteiger partial charge in [-0.3, -0.25) is 4.98 Å². The van der Waals surface area contributed by atoms with E-state index in [-0.39, 0.29) is 0 Å². The summed E-state index contributed by atoms with van der Waals surface area (Å²) in [5.74, 6) is 1.74. The third kappa shape index (κ3) is 2.02. The summed E-state index contributed by atoms with van der Waals surface area (Å²) in [5.41, 5.74) is 1.18. The van der Waals surface area contributed by atoms with Gasteiger partial charge < -0.3 is 9.80 Å². The Morgan fingerprint density at radius 3 is 2.38 bits per heavy atom. The molecule has 0 aromatic carbocycles. The van der Waals surface area contributed by atoms with Gasteiger partial charge in [-0.1, -0.05) is 0 Å². The lowest BCUT2D eigenvalue weighted by molar-refractivity contribution is 0.312. The van der Waals surface area contributed by atoms with Crippen LogP contribution in [0, 0.1) is 0 Å². The van der Waals surface area contributed by atoms with Crippen molar-refractivity contribution in [2.45, 2.75) is 18.8 Å². The number of anilines is 1. The first kappa shape index (κ1) is 10.0. The molecule has 2 fully saturated rings. The molecule has 1 saturated heterocycles. The van der Waals surface area contributed by atoms with Crippen LogP contribution in [0.5, 0.6) is 0 Å². The molecular formula is C12H18N4. The Kier molecular flexibility index (Phi) is 2.52. The average Bonchev–Trinajstić information content (AvgIpc) is 3.14. The molecule has 1 aliphatic heterocycles. The SMILES string of the molecule is CN1CCN(c2cnc(C3CC3)cn2)CC1. The smallest absolute Gasteiger partial charge is 0.147 e. The minimum Gasteiger partial charge on any atom is -0.353 e. The maximum atomic E-state index is 4.53. The van der Waals surface area contributed by atoms with E-state index in [1.807, 2.05) is 12.4 Å². The number of aromatic nitrogens is 2. The number of nitrogens with zero attached hydrogens (tertiary/aromatic N) is 4. The molecule has 0 amide bonds. The fraction of sp³-hybridized carbons (Fsp3) is 0.667. The average molecular weight is 218 g/mol. The van der Waals surface area contributed by atoms with Crippen molar-refractivity contribution in [3.8, 4) is 0 Å². The second-order valence-electron chi connectivity index (χ2n) is 4.86. The number of rotatable bonds is 2. The van der Waals surface area contributed by atoms with Crippen molar-refractivity contribution in [1.29, 1.82) is 0 Å². The van der Waals surface area contributed by atoms with E-state index in [0.717, 1.165) is 32.0 Å². The van der Waals surface area contributed by atoms with Crippen LogP contribution in [0.25, 0.3) is 0 Å². The number of hydrogen-bond acceptors (Lipinski definition) is 4. The van der Waals surface area contributed by atoms with Crippen LogP contribution >= 0.6 is 0 Å². The summed E-state index contributed by atoms with van der Waals surface area (Å²) in [7, 11) is 2.17. The molecule has 16 heavy (non-hydrogen) atoms. The lowest BCUT2D eigenvalue weighted by Crippen LogP contribution is -2.44. The topological polar surface area (TPSA) is 32.3 Å². The van der Waals surface area contributed by atoms with Crippen LogP contribution in [0.4, 0.5) is 5.82 Å². The first-order valence-corrected chi connectivity index (χ1v) is 6.08. The highest BCUT2D eigenvalue weighted by Crippen LogP contribution is 2.38. The van der Waals surface area contributed by atoms with E-state index in [0.29, 0.717) is 5.92 Å². The van der Waals surface area contributed by atoms with E-state index >= 15 is 0 Å². The molecule has 0 atom stereocenters. The van der Waals surface area contributed by atoms with Crippen LogP contribution in [0.1, 0.15) is 24.5 Å². The van der Waals surface area contributed by atoms with Crippen LogP contribution < -0.4 is 4.90 Å². The quantitative estimate of drug-likeness (QED) is 0.744. The van der Waals surface area contributed by atoms with Crippen molar-refractivity contribution in [3.05, 3.63) is 18.1 Å². The van der Waals surface area contributed by atoms with Crippen molar-refractivity contribution in [2.75, 3.05) is 38.1 Å². The summed E-state index contributed by atoms with van der Waals surface area (Å²) in [6.45, 7) is 4.36. The number of piperazine rings is 1. The van der Waals surface area contributed by atoms with Crippen molar-refractivity contribution in [3.63, 3.8) is 0 Å². The molecule has 4 nitrogen and oxygen atoms in total. The third-order valence-corrected chi connectivity index (χ3v) is 3.48. The van der Waals surface area contributed by atoms with E-state index in [4.69, 9.17) is 0 Å². The fourth-order valence-corrected chi connectivity index (χ4v) is 2.12. The van der Waals surface area contributed by atoms with Crippen LogP contribution in [0.3, 0.4) is 0 Å². The Balaban J connectivity index is 1.69. The van der Waals surface area contributed by atoms with Crippen molar-refractivity contribution < 1.29 is 0 Å². The minimum absolute atomic E-state index is 0.703. The van der Waals surface area contributed by atoms with Gasteiger partial charge in [-0.05, 0) is 19.9 Å². The molecule has 3 rings (SSSR count). The number of hydrogen-bond donors (Lipinski definition) is 0. The second kappa shape index (κ2) is 4.01. The summed E-state index contributed by atoms with van der Waals surface area (Å²) in [6, 6.07) is 0. The van der Waals surface area contributed by atoms with Gasteiger partial charge in [0.15, 0.2) is 0 Å². The maximum Gasteiger partial charge on any atom is 0.147 e. The Hall–Kier alpha value is -1.16. The molecule has 86 valence electrons. The molecule has 1 aromatic heterocycles. The van der Waals surface area contributed by atoms with Gasteiger partial charge in [0, 0.05) is 32.1 Å². The van der Waals surface area contributed by atoms with Crippen LogP contribution in [-0.4, -0.2) is 48.1 Å². The molecule has 1 aromatic rings. The van der Waals surface area contributed by atoms with E-state index in [1.54, 1.807) is 0 Å². The van der Waals surface area contributed by atoms with Gasteiger partial charge in [0.25, 0.3) is 0 Å². The molecule has 1 saturated carbocycles. The molecule has 0 N–H and O–H groups in total. The van der Waals surface area contributed by atoms with Crippen molar-refractivity contribution >= 4 is 5.82 Å². The highest BCUT2D eigenvalue weighted by Gasteiger charge is 2.25. The molecule has 0 unspecified atom stereocenters. The van der Waals surface area contributed by atoms with Gasteiger partial charge >= 0.3 is 0 Å². The van der Waals surface area contributed by atoms with Gasteiger partial charge in [-0.25, -0.2) is 4.98 Å². The lowest BCUT2D eigenvalue weighted by atomic mass is 10.3. The molecule has 1 aliphatic carbocycles. The molecular weight excluding hydrogens is 200 g/mol. The Labute approximate surface area is 96.3 Å². The summed E-state index contributed by atoms with van der Waals surface area (Å²) >= 11 is 0.